The van der Waals surface area contributed by atoms with Crippen LogP contribution in [0.25, 0.3) is 0 Å². The van der Waals surface area contributed by atoms with Gasteiger partial charge >= 0.3 is 0 Å². The minimum Gasteiger partial charge on any atom is -0.354 e. The molecule has 5 heteroatoms. The topological polar surface area (TPSA) is 63.8 Å². The van der Waals surface area contributed by atoms with Crippen LogP contribution in [-0.4, -0.2) is 21.4 Å². The van der Waals surface area contributed by atoms with Gasteiger partial charge in [-0.05, 0) is 12.8 Å². The Bertz CT molecular complexity index is 349. The maximum absolute atomic E-state index is 5.70. The van der Waals surface area contributed by atoms with Crippen LogP contribution in [0.2, 0.25) is 0 Å². The van der Waals surface area contributed by atoms with Gasteiger partial charge in [0.1, 0.15) is 5.82 Å². The normalized spacial score (nSPS) is 18.9. The lowest BCUT2D eigenvalue weighted by atomic mass is 9.96. The quantitative estimate of drug-likeness (QED) is 0.824. The molecule has 84 valence electrons. The second kappa shape index (κ2) is 3.42. The number of hydrogen-bond acceptors (Lipinski definition) is 5. The smallest absolute Gasteiger partial charge is 0.203 e. The lowest BCUT2D eigenvalue weighted by molar-refractivity contribution is 0.554. The van der Waals surface area contributed by atoms with Crippen molar-refractivity contribution in [3.05, 3.63) is 5.82 Å². The van der Waals surface area contributed by atoms with E-state index in [2.05, 4.69) is 35.4 Å². The summed E-state index contributed by atoms with van der Waals surface area (Å²) in [7, 11) is 0. The summed E-state index contributed by atoms with van der Waals surface area (Å²) in [5.74, 6) is 0.905. The van der Waals surface area contributed by atoms with E-state index in [9.17, 15) is 0 Å². The van der Waals surface area contributed by atoms with Gasteiger partial charge in [0.2, 0.25) is 5.13 Å². The van der Waals surface area contributed by atoms with E-state index < -0.39 is 0 Å². The van der Waals surface area contributed by atoms with Crippen molar-refractivity contribution in [3.63, 3.8) is 0 Å². The Hall–Kier alpha value is -0.680. The monoisotopic (exact) mass is 226 g/mol. The van der Waals surface area contributed by atoms with Crippen LogP contribution in [0.5, 0.6) is 0 Å². The lowest BCUT2D eigenvalue weighted by Gasteiger charge is -2.14. The second-order valence-corrected chi connectivity index (χ2v) is 6.03. The average Bonchev–Trinajstić information content (AvgIpc) is 2.73. The molecule has 1 fully saturated rings. The molecule has 0 amide bonds. The Morgan fingerprint density at radius 2 is 2.13 bits per heavy atom. The number of anilines is 1. The molecule has 1 aliphatic carbocycles. The van der Waals surface area contributed by atoms with E-state index in [1.165, 1.54) is 11.5 Å². The average molecular weight is 226 g/mol. The molecule has 1 aromatic rings. The number of hydrogen-bond donors (Lipinski definition) is 2. The molecule has 0 atom stereocenters. The molecule has 1 aromatic heterocycles. The van der Waals surface area contributed by atoms with Gasteiger partial charge in [-0.3, -0.25) is 0 Å². The first-order valence-corrected chi connectivity index (χ1v) is 6.05. The van der Waals surface area contributed by atoms with Gasteiger partial charge in [0, 0.05) is 23.5 Å². The summed E-state index contributed by atoms with van der Waals surface area (Å²) in [6, 6.07) is 0. The zero-order chi connectivity index (χ0) is 11.1. The molecule has 1 heterocycles. The molecule has 4 nitrogen and oxygen atoms in total. The molecular weight excluding hydrogens is 208 g/mol. The van der Waals surface area contributed by atoms with Crippen LogP contribution in [0.1, 0.15) is 39.4 Å². The SMILES string of the molecule is CC(C)(C)c1nsc(NC2(CN)CC2)n1. The highest BCUT2D eigenvalue weighted by atomic mass is 32.1. The predicted octanol–water partition coefficient (Wildman–Crippen LogP) is 1.74. The van der Waals surface area contributed by atoms with Gasteiger partial charge in [-0.25, -0.2) is 4.98 Å². The van der Waals surface area contributed by atoms with Crippen molar-refractivity contribution in [2.75, 3.05) is 11.9 Å². The molecule has 0 aromatic carbocycles. The van der Waals surface area contributed by atoms with Crippen LogP contribution >= 0.6 is 11.5 Å². The van der Waals surface area contributed by atoms with Crippen molar-refractivity contribution in [2.24, 2.45) is 5.73 Å². The zero-order valence-corrected chi connectivity index (χ0v) is 10.3. The molecular formula is C10H18N4S. The first-order valence-electron chi connectivity index (χ1n) is 5.28. The first-order chi connectivity index (χ1) is 6.95. The fourth-order valence-corrected chi connectivity index (χ4v) is 2.21. The summed E-state index contributed by atoms with van der Waals surface area (Å²) in [6.07, 6.45) is 2.29. The number of rotatable bonds is 3. The number of nitrogens with one attached hydrogen (secondary N) is 1. The van der Waals surface area contributed by atoms with E-state index in [1.807, 2.05) is 0 Å². The molecule has 0 unspecified atom stereocenters. The van der Waals surface area contributed by atoms with Crippen LogP contribution in [0.4, 0.5) is 5.13 Å². The summed E-state index contributed by atoms with van der Waals surface area (Å²) < 4.78 is 4.36. The Morgan fingerprint density at radius 3 is 2.53 bits per heavy atom. The van der Waals surface area contributed by atoms with Crippen LogP contribution in [-0.2, 0) is 5.41 Å². The van der Waals surface area contributed by atoms with Crippen molar-refractivity contribution in [3.8, 4) is 0 Å². The second-order valence-electron chi connectivity index (χ2n) is 5.28. The van der Waals surface area contributed by atoms with E-state index in [-0.39, 0.29) is 11.0 Å². The third kappa shape index (κ3) is 2.29. The molecule has 15 heavy (non-hydrogen) atoms. The maximum Gasteiger partial charge on any atom is 0.203 e. The number of nitrogens with two attached hydrogens (primary N) is 1. The van der Waals surface area contributed by atoms with Gasteiger partial charge in [0.05, 0.1) is 5.54 Å². The summed E-state index contributed by atoms with van der Waals surface area (Å²) in [5.41, 5.74) is 5.85. The molecule has 1 aliphatic rings. The summed E-state index contributed by atoms with van der Waals surface area (Å²) in [6.45, 7) is 7.04. The maximum atomic E-state index is 5.70. The Kier molecular flexibility index (Phi) is 2.47. The number of nitrogens with zero attached hydrogens (tertiary/aromatic N) is 2. The lowest BCUT2D eigenvalue weighted by Crippen LogP contribution is -2.30. The van der Waals surface area contributed by atoms with E-state index >= 15 is 0 Å². The van der Waals surface area contributed by atoms with Crippen molar-refractivity contribution >= 4 is 16.7 Å². The molecule has 0 bridgehead atoms. The number of aromatic nitrogens is 2. The summed E-state index contributed by atoms with van der Waals surface area (Å²) in [4.78, 5) is 4.50. The van der Waals surface area contributed by atoms with Crippen LogP contribution in [0.3, 0.4) is 0 Å². The first kappa shape index (κ1) is 10.8. The van der Waals surface area contributed by atoms with E-state index in [1.54, 1.807) is 0 Å². The van der Waals surface area contributed by atoms with Crippen LogP contribution in [0, 0.1) is 0 Å². The van der Waals surface area contributed by atoms with Gasteiger partial charge in [-0.15, -0.1) is 0 Å². The predicted molar refractivity (Wildman–Crippen MR) is 63.3 cm³/mol. The van der Waals surface area contributed by atoms with Gasteiger partial charge in [-0.1, -0.05) is 20.8 Å². The highest BCUT2D eigenvalue weighted by molar-refractivity contribution is 7.09. The highest BCUT2D eigenvalue weighted by Gasteiger charge is 2.42. The van der Waals surface area contributed by atoms with Crippen molar-refractivity contribution in [2.45, 2.75) is 44.6 Å². The molecule has 1 saturated carbocycles. The zero-order valence-electron chi connectivity index (χ0n) is 9.50. The fraction of sp³-hybridized carbons (Fsp3) is 0.800. The Balaban J connectivity index is 2.08. The largest absolute Gasteiger partial charge is 0.354 e. The van der Waals surface area contributed by atoms with Crippen molar-refractivity contribution in [1.82, 2.24) is 9.36 Å². The van der Waals surface area contributed by atoms with Crippen molar-refractivity contribution < 1.29 is 0 Å². The third-order valence-electron chi connectivity index (χ3n) is 2.71. The van der Waals surface area contributed by atoms with Gasteiger partial charge in [-0.2, -0.15) is 4.37 Å². The minimum atomic E-state index is 0.0237. The standard InChI is InChI=1S/C10H18N4S/c1-9(2,3)7-12-8(15-14-7)13-10(6-11)4-5-10/h4-6,11H2,1-3H3,(H,12,13,14). The van der Waals surface area contributed by atoms with Gasteiger partial charge < -0.3 is 11.1 Å². The molecule has 0 aliphatic heterocycles. The van der Waals surface area contributed by atoms with E-state index in [0.717, 1.165) is 23.8 Å². The minimum absolute atomic E-state index is 0.0237. The Morgan fingerprint density at radius 1 is 1.47 bits per heavy atom. The van der Waals surface area contributed by atoms with Gasteiger partial charge in [0.25, 0.3) is 0 Å². The molecule has 3 N–H and O–H groups in total. The molecule has 0 saturated heterocycles. The third-order valence-corrected chi connectivity index (χ3v) is 3.34. The van der Waals surface area contributed by atoms with Crippen LogP contribution in [0.15, 0.2) is 0 Å². The Labute approximate surface area is 94.5 Å². The highest BCUT2D eigenvalue weighted by Crippen LogP contribution is 2.38. The van der Waals surface area contributed by atoms with Crippen LogP contribution < -0.4 is 11.1 Å². The van der Waals surface area contributed by atoms with Gasteiger partial charge in [0.15, 0.2) is 0 Å². The van der Waals surface area contributed by atoms with E-state index in [0.29, 0.717) is 6.54 Å². The van der Waals surface area contributed by atoms with Crippen molar-refractivity contribution in [1.29, 1.82) is 0 Å². The molecule has 0 spiro atoms. The van der Waals surface area contributed by atoms with E-state index in [4.69, 9.17) is 5.73 Å². The summed E-state index contributed by atoms with van der Waals surface area (Å²) in [5, 5.41) is 4.30. The molecule has 2 rings (SSSR count). The fourth-order valence-electron chi connectivity index (χ4n) is 1.34. The summed E-state index contributed by atoms with van der Waals surface area (Å²) >= 11 is 1.43. The molecule has 0 radical (unpaired) electrons.